The average molecular weight is 425 g/mol. The molecule has 0 aromatic carbocycles. The van der Waals surface area contributed by atoms with Crippen LogP contribution in [0.25, 0.3) is 0 Å². The monoisotopic (exact) mass is 425 g/mol. The second-order valence-corrected chi connectivity index (χ2v) is 7.39. The summed E-state index contributed by atoms with van der Waals surface area (Å²) in [5.41, 5.74) is 1.45. The third-order valence-corrected chi connectivity index (χ3v) is 4.78. The molecule has 5 atom stereocenters. The number of H-pyrrole nitrogens is 1. The fourth-order valence-corrected chi connectivity index (χ4v) is 2.71. The Labute approximate surface area is 172 Å². The molecule has 1 aromatic heterocycles. The number of aromatic nitrogens is 2. The zero-order valence-corrected chi connectivity index (χ0v) is 16.2. The van der Waals surface area contributed by atoms with Gasteiger partial charge < -0.3 is 25.4 Å². The molecule has 152 valence electrons. The molecule has 29 heavy (non-hydrogen) atoms. The Hall–Kier alpha value is -1.54. The van der Waals surface area contributed by atoms with Crippen molar-refractivity contribution in [2.75, 3.05) is 0 Å². The minimum Gasteiger partial charge on any atom is -0.473 e. The lowest BCUT2D eigenvalue weighted by atomic mass is 9.59. The first kappa shape index (κ1) is 23.7. The highest BCUT2D eigenvalue weighted by atomic mass is 32.1. The summed E-state index contributed by atoms with van der Waals surface area (Å²) in [5.74, 6) is -6.60. The SMILES string of the molecule is [B]C([B])(OC(=O)[C@@H](N)C(C)C)[C@@]1(F)O[C@@]([B])(n2cc(F)c(=S)[nH]c2=O)[C@H](O)[C@@H]1O. The van der Waals surface area contributed by atoms with E-state index >= 15 is 4.39 Å². The molecule has 5 N–H and O–H groups in total. The van der Waals surface area contributed by atoms with Crippen molar-refractivity contribution in [3.05, 3.63) is 27.1 Å². The molecule has 0 saturated carbocycles. The number of esters is 1. The fourth-order valence-electron chi connectivity index (χ4n) is 2.57. The molecule has 1 aliphatic heterocycles. The number of aliphatic hydroxyl groups is 2. The maximum atomic E-state index is 15.5. The van der Waals surface area contributed by atoms with E-state index in [4.69, 9.17) is 34.0 Å². The van der Waals surface area contributed by atoms with Crippen LogP contribution in [0, 0.1) is 16.4 Å². The van der Waals surface area contributed by atoms with Crippen LogP contribution in [-0.2, 0) is 19.9 Å². The quantitative estimate of drug-likeness (QED) is 0.236. The van der Waals surface area contributed by atoms with Crippen LogP contribution >= 0.6 is 12.2 Å². The minimum absolute atomic E-state index is 0.200. The van der Waals surface area contributed by atoms with Crippen molar-refractivity contribution in [3.8, 4) is 0 Å². The second-order valence-electron chi connectivity index (χ2n) is 6.98. The lowest BCUT2D eigenvalue weighted by Gasteiger charge is -2.41. The second kappa shape index (κ2) is 7.62. The first-order chi connectivity index (χ1) is 13.1. The number of nitrogens with zero attached hydrogens (tertiary/aromatic N) is 1. The Morgan fingerprint density at radius 1 is 1.48 bits per heavy atom. The summed E-state index contributed by atoms with van der Waals surface area (Å²) in [5, 5.41) is 17.2. The van der Waals surface area contributed by atoms with Gasteiger partial charge in [0.2, 0.25) is 0 Å². The molecule has 1 saturated heterocycles. The Morgan fingerprint density at radius 3 is 2.55 bits per heavy atom. The summed E-state index contributed by atoms with van der Waals surface area (Å²) in [7, 11) is 16.8. The lowest BCUT2D eigenvalue weighted by Crippen LogP contribution is -2.62. The van der Waals surface area contributed by atoms with Gasteiger partial charge in [-0.2, -0.15) is 0 Å². The van der Waals surface area contributed by atoms with Gasteiger partial charge in [-0.3, -0.25) is 14.3 Å². The molecule has 0 bridgehead atoms. The van der Waals surface area contributed by atoms with E-state index in [0.29, 0.717) is 6.20 Å². The van der Waals surface area contributed by atoms with Gasteiger partial charge >= 0.3 is 11.7 Å². The Morgan fingerprint density at radius 2 is 2.03 bits per heavy atom. The molecule has 0 aliphatic carbocycles. The summed E-state index contributed by atoms with van der Waals surface area (Å²) in [4.78, 5) is 26.0. The molecule has 6 radical (unpaired) electrons. The van der Waals surface area contributed by atoms with Gasteiger partial charge in [0.25, 0.3) is 5.85 Å². The van der Waals surface area contributed by atoms with Crippen LogP contribution in [0.1, 0.15) is 13.8 Å². The molecule has 0 unspecified atom stereocenters. The minimum atomic E-state index is -3.74. The topological polar surface area (TPSA) is 140 Å². The summed E-state index contributed by atoms with van der Waals surface area (Å²) in [6, 6.07) is -1.26. The molecule has 1 fully saturated rings. The van der Waals surface area contributed by atoms with E-state index in [-0.39, 0.29) is 4.57 Å². The highest BCUT2D eigenvalue weighted by molar-refractivity contribution is 7.71. The number of carbonyl (C=O) groups excluding carboxylic acids is 1. The van der Waals surface area contributed by atoms with Crippen molar-refractivity contribution in [1.82, 2.24) is 9.55 Å². The fraction of sp³-hybridized carbons (Fsp3) is 0.643. The third-order valence-electron chi connectivity index (χ3n) is 4.48. The van der Waals surface area contributed by atoms with Crippen LogP contribution < -0.4 is 11.4 Å². The summed E-state index contributed by atoms with van der Waals surface area (Å²) < 4.78 is 38.4. The van der Waals surface area contributed by atoms with Crippen molar-refractivity contribution in [1.29, 1.82) is 0 Å². The number of nitrogens with two attached hydrogens (primary N) is 1. The zero-order valence-electron chi connectivity index (χ0n) is 15.3. The maximum absolute atomic E-state index is 15.5. The molecule has 0 spiro atoms. The largest absolute Gasteiger partial charge is 0.473 e. The van der Waals surface area contributed by atoms with Crippen LogP contribution in [-0.4, -0.2) is 78.8 Å². The molecule has 1 aliphatic rings. The van der Waals surface area contributed by atoms with Crippen molar-refractivity contribution in [2.24, 2.45) is 11.7 Å². The van der Waals surface area contributed by atoms with Crippen molar-refractivity contribution >= 4 is 41.7 Å². The number of ether oxygens (including phenoxy) is 2. The van der Waals surface area contributed by atoms with E-state index in [1.165, 1.54) is 0 Å². The van der Waals surface area contributed by atoms with Crippen molar-refractivity contribution in [3.63, 3.8) is 0 Å². The number of halogens is 2. The Kier molecular flexibility index (Phi) is 6.24. The Bertz CT molecular complexity index is 931. The number of alkyl halides is 1. The van der Waals surface area contributed by atoms with E-state index in [1.807, 2.05) is 4.98 Å². The molecular weight excluding hydrogens is 409 g/mol. The number of hydrogen-bond acceptors (Lipinski definition) is 8. The van der Waals surface area contributed by atoms with E-state index < -0.39 is 63.2 Å². The van der Waals surface area contributed by atoms with Crippen molar-refractivity contribution < 1.29 is 33.3 Å². The molecule has 0 amide bonds. The molecule has 9 nitrogen and oxygen atoms in total. The predicted octanol–water partition coefficient (Wildman–Crippen LogP) is -2.24. The molecule has 1 aromatic rings. The van der Waals surface area contributed by atoms with Crippen LogP contribution in [0.4, 0.5) is 8.78 Å². The molecule has 2 heterocycles. The van der Waals surface area contributed by atoms with Gasteiger partial charge in [0.15, 0.2) is 5.82 Å². The Balaban J connectivity index is 2.48. The number of rotatable bonds is 5. The van der Waals surface area contributed by atoms with E-state index in [2.05, 4.69) is 17.0 Å². The summed E-state index contributed by atoms with van der Waals surface area (Å²) in [6.45, 7) is 3.11. The molecule has 15 heteroatoms. The van der Waals surface area contributed by atoms with Crippen molar-refractivity contribution in [2.45, 2.75) is 49.0 Å². The number of nitrogens with one attached hydrogen (secondary N) is 1. The number of hydrogen-bond donors (Lipinski definition) is 4. The zero-order chi connectivity index (χ0) is 22.5. The molecule has 2 rings (SSSR count). The van der Waals surface area contributed by atoms with Gasteiger partial charge in [-0.05, 0) is 5.92 Å². The van der Waals surface area contributed by atoms with E-state index in [0.717, 1.165) is 0 Å². The van der Waals surface area contributed by atoms with E-state index in [1.54, 1.807) is 13.8 Å². The maximum Gasteiger partial charge on any atom is 0.328 e. The normalized spacial score (nSPS) is 31.0. The van der Waals surface area contributed by atoms with Gasteiger partial charge in [-0.1, -0.05) is 26.1 Å². The highest BCUT2D eigenvalue weighted by Gasteiger charge is 2.68. The molecular formula is C14H16B3F2N3O6S. The summed E-state index contributed by atoms with van der Waals surface area (Å²) in [6.07, 6.45) is -4.64. The van der Waals surface area contributed by atoms with Gasteiger partial charge in [0, 0.05) is 6.20 Å². The number of aliphatic hydroxyl groups excluding tert-OH is 2. The third kappa shape index (κ3) is 3.81. The van der Waals surface area contributed by atoms with Crippen LogP contribution in [0.15, 0.2) is 11.0 Å². The van der Waals surface area contributed by atoms with Crippen LogP contribution in [0.5, 0.6) is 0 Å². The van der Waals surface area contributed by atoms with Gasteiger partial charge in [-0.15, -0.1) is 0 Å². The number of aromatic amines is 1. The smallest absolute Gasteiger partial charge is 0.328 e. The number of carbonyl (C=O) groups is 1. The van der Waals surface area contributed by atoms with Gasteiger partial charge in [0.1, 0.15) is 52.1 Å². The highest BCUT2D eigenvalue weighted by Crippen LogP contribution is 2.45. The van der Waals surface area contributed by atoms with Crippen LogP contribution in [0.3, 0.4) is 0 Å². The van der Waals surface area contributed by atoms with Gasteiger partial charge in [-0.25, -0.2) is 13.6 Å². The summed E-state index contributed by atoms with van der Waals surface area (Å²) >= 11 is 4.54. The first-order valence-electron chi connectivity index (χ1n) is 8.20. The first-order valence-corrected chi connectivity index (χ1v) is 8.61. The van der Waals surface area contributed by atoms with Crippen LogP contribution in [0.2, 0.25) is 0 Å². The van der Waals surface area contributed by atoms with E-state index in [9.17, 15) is 24.2 Å². The van der Waals surface area contributed by atoms with Gasteiger partial charge in [0.05, 0.1) is 5.40 Å². The average Bonchev–Trinajstić information content (AvgIpc) is 2.79. The standard InChI is InChI=1S/C14H16B3F2N3O6S/c1-4(2)6(20)10(25)27-14(16,17)12(19)7(23)8(24)13(15,28-12)22-3-5(18)9(29)21-11(22)26/h3-4,6-8,23-24H,20H2,1-2H3,(H,21,26,29)/t6-,7-,8+,12-,13-/m0/s1. The predicted molar refractivity (Wildman–Crippen MR) is 99.7 cm³/mol. The lowest BCUT2D eigenvalue weighted by molar-refractivity contribution is -0.250.